The van der Waals surface area contributed by atoms with Crippen LogP contribution in [0, 0.1) is 0 Å². The van der Waals surface area contributed by atoms with E-state index in [-0.39, 0.29) is 5.78 Å². The fraction of sp³-hybridized carbons (Fsp3) is 0.250. The highest BCUT2D eigenvalue weighted by Gasteiger charge is 2.11. The molecular weight excluding hydrogens is 228 g/mol. The van der Waals surface area contributed by atoms with E-state index in [2.05, 4.69) is 0 Å². The topological polar surface area (TPSA) is 35.5 Å². The molecule has 1 rings (SSSR count). The van der Waals surface area contributed by atoms with Gasteiger partial charge in [0.05, 0.1) is 19.2 Å². The monoisotopic (exact) mass is 240 g/mol. The molecule has 0 aliphatic carbocycles. The molecule has 0 spiro atoms. The lowest BCUT2D eigenvalue weighted by molar-refractivity contribution is -0.112. The van der Waals surface area contributed by atoms with Crippen molar-refractivity contribution in [1.29, 1.82) is 0 Å². The second-order valence-electron chi connectivity index (χ2n) is 3.15. The van der Waals surface area contributed by atoms with Crippen LogP contribution in [0.25, 0.3) is 6.08 Å². The Morgan fingerprint density at radius 2 is 2.00 bits per heavy atom. The zero-order valence-corrected chi connectivity index (χ0v) is 10.2. The van der Waals surface area contributed by atoms with E-state index in [0.29, 0.717) is 16.5 Å². The third kappa shape index (κ3) is 2.76. The zero-order valence-electron chi connectivity index (χ0n) is 9.41. The van der Waals surface area contributed by atoms with Crippen molar-refractivity contribution in [2.45, 2.75) is 6.92 Å². The summed E-state index contributed by atoms with van der Waals surface area (Å²) in [5.41, 5.74) is 0.717. The number of methoxy groups -OCH3 is 2. The Hall–Kier alpha value is -1.48. The highest BCUT2D eigenvalue weighted by atomic mass is 35.5. The van der Waals surface area contributed by atoms with Crippen LogP contribution >= 0.6 is 11.6 Å². The van der Waals surface area contributed by atoms with Gasteiger partial charge in [0, 0.05) is 0 Å². The van der Waals surface area contributed by atoms with E-state index in [1.165, 1.54) is 20.1 Å². The predicted molar refractivity (Wildman–Crippen MR) is 64.3 cm³/mol. The van der Waals surface area contributed by atoms with Crippen molar-refractivity contribution in [3.05, 3.63) is 28.8 Å². The van der Waals surface area contributed by atoms with Gasteiger partial charge < -0.3 is 9.47 Å². The van der Waals surface area contributed by atoms with Crippen LogP contribution in [0.3, 0.4) is 0 Å². The second kappa shape index (κ2) is 5.56. The van der Waals surface area contributed by atoms with Gasteiger partial charge in [0.2, 0.25) is 0 Å². The first-order chi connectivity index (χ1) is 7.60. The van der Waals surface area contributed by atoms with Crippen LogP contribution in [0.15, 0.2) is 18.2 Å². The fourth-order valence-electron chi connectivity index (χ4n) is 1.24. The van der Waals surface area contributed by atoms with Crippen LogP contribution in [0.1, 0.15) is 12.5 Å². The molecule has 4 heteroatoms. The molecule has 0 N–H and O–H groups in total. The Labute approximate surface area is 99.6 Å². The van der Waals surface area contributed by atoms with Crippen molar-refractivity contribution in [3.63, 3.8) is 0 Å². The third-order valence-electron chi connectivity index (χ3n) is 2.01. The molecule has 0 radical (unpaired) electrons. The molecule has 1 aromatic rings. The molecule has 0 saturated heterocycles. The van der Waals surface area contributed by atoms with Crippen LogP contribution < -0.4 is 9.47 Å². The number of hydrogen-bond acceptors (Lipinski definition) is 3. The summed E-state index contributed by atoms with van der Waals surface area (Å²) in [6.45, 7) is 1.48. The summed E-state index contributed by atoms with van der Waals surface area (Å²) in [5.74, 6) is 0.994. The average molecular weight is 241 g/mol. The lowest BCUT2D eigenvalue weighted by atomic mass is 10.1. The highest BCUT2D eigenvalue weighted by Crippen LogP contribution is 2.37. The van der Waals surface area contributed by atoms with Crippen molar-refractivity contribution in [1.82, 2.24) is 0 Å². The van der Waals surface area contributed by atoms with E-state index in [1.807, 2.05) is 0 Å². The van der Waals surface area contributed by atoms with Crippen LogP contribution in [-0.2, 0) is 4.79 Å². The molecule has 16 heavy (non-hydrogen) atoms. The zero-order chi connectivity index (χ0) is 12.1. The molecule has 0 heterocycles. The molecule has 0 amide bonds. The van der Waals surface area contributed by atoms with Crippen LogP contribution in [0.5, 0.6) is 11.5 Å². The molecule has 0 fully saturated rings. The van der Waals surface area contributed by atoms with Gasteiger partial charge in [-0.2, -0.15) is 0 Å². The van der Waals surface area contributed by atoms with Crippen molar-refractivity contribution in [2.24, 2.45) is 0 Å². The molecule has 0 aromatic heterocycles. The summed E-state index contributed by atoms with van der Waals surface area (Å²) in [6, 6.07) is 3.51. The summed E-state index contributed by atoms with van der Waals surface area (Å²) >= 11 is 6.11. The van der Waals surface area contributed by atoms with Gasteiger partial charge in [-0.15, -0.1) is 0 Å². The lowest BCUT2D eigenvalue weighted by Crippen LogP contribution is -1.92. The Morgan fingerprint density at radius 1 is 1.31 bits per heavy atom. The maximum atomic E-state index is 10.8. The number of benzene rings is 1. The molecule has 0 saturated carbocycles. The predicted octanol–water partition coefficient (Wildman–Crippen LogP) is 2.96. The molecule has 3 nitrogen and oxygen atoms in total. The quantitative estimate of drug-likeness (QED) is 0.759. The van der Waals surface area contributed by atoms with Crippen LogP contribution in [0.4, 0.5) is 0 Å². The van der Waals surface area contributed by atoms with Gasteiger partial charge in [-0.3, -0.25) is 4.79 Å². The Balaban J connectivity index is 3.18. The summed E-state index contributed by atoms with van der Waals surface area (Å²) in [4.78, 5) is 10.8. The van der Waals surface area contributed by atoms with Gasteiger partial charge in [0.25, 0.3) is 0 Å². The Kier molecular flexibility index (Phi) is 4.38. The van der Waals surface area contributed by atoms with Crippen molar-refractivity contribution in [2.75, 3.05) is 14.2 Å². The van der Waals surface area contributed by atoms with E-state index in [0.717, 1.165) is 5.56 Å². The maximum absolute atomic E-state index is 10.8. The van der Waals surface area contributed by atoms with Gasteiger partial charge in [-0.1, -0.05) is 11.6 Å². The SMILES string of the molecule is COc1ccc(C=CC(C)=O)c(Cl)c1OC. The Bertz CT molecular complexity index is 425. The molecule has 0 aliphatic heterocycles. The molecule has 0 unspecified atom stereocenters. The van der Waals surface area contributed by atoms with Crippen LogP contribution in [-0.4, -0.2) is 20.0 Å². The van der Waals surface area contributed by atoms with E-state index in [4.69, 9.17) is 21.1 Å². The number of carbonyl (C=O) groups is 1. The van der Waals surface area contributed by atoms with Crippen LogP contribution in [0.2, 0.25) is 5.02 Å². The molecule has 0 aliphatic rings. The minimum atomic E-state index is -0.0362. The van der Waals surface area contributed by atoms with Gasteiger partial charge in [0.1, 0.15) is 0 Å². The molecule has 86 valence electrons. The summed E-state index contributed by atoms with van der Waals surface area (Å²) in [6.07, 6.45) is 3.10. The highest BCUT2D eigenvalue weighted by molar-refractivity contribution is 6.33. The minimum Gasteiger partial charge on any atom is -0.493 e. The second-order valence-corrected chi connectivity index (χ2v) is 3.53. The molecule has 1 aromatic carbocycles. The van der Waals surface area contributed by atoms with Crippen molar-refractivity contribution < 1.29 is 14.3 Å². The third-order valence-corrected chi connectivity index (χ3v) is 2.40. The van der Waals surface area contributed by atoms with E-state index in [9.17, 15) is 4.79 Å². The molecule has 0 atom stereocenters. The van der Waals surface area contributed by atoms with Gasteiger partial charge in [-0.05, 0) is 36.8 Å². The van der Waals surface area contributed by atoms with E-state index >= 15 is 0 Å². The lowest BCUT2D eigenvalue weighted by Gasteiger charge is -2.10. The summed E-state index contributed by atoms with van der Waals surface area (Å²) in [5, 5.41) is 0.430. The van der Waals surface area contributed by atoms with Gasteiger partial charge in [-0.25, -0.2) is 0 Å². The summed E-state index contributed by atoms with van der Waals surface area (Å²) < 4.78 is 10.2. The standard InChI is InChI=1S/C12H13ClO3/c1-8(14)4-5-9-6-7-10(15-2)12(16-3)11(9)13/h4-7H,1-3H3. The normalized spacial score (nSPS) is 10.5. The summed E-state index contributed by atoms with van der Waals surface area (Å²) in [7, 11) is 3.06. The number of ketones is 1. The Morgan fingerprint density at radius 3 is 2.50 bits per heavy atom. The number of halogens is 1. The number of allylic oxidation sites excluding steroid dienone is 1. The molecular formula is C12H13ClO3. The number of rotatable bonds is 4. The van der Waals surface area contributed by atoms with Gasteiger partial charge in [0.15, 0.2) is 17.3 Å². The largest absolute Gasteiger partial charge is 0.493 e. The first kappa shape index (κ1) is 12.6. The van der Waals surface area contributed by atoms with Gasteiger partial charge >= 0.3 is 0 Å². The number of ether oxygens (including phenoxy) is 2. The van der Waals surface area contributed by atoms with E-state index in [1.54, 1.807) is 25.3 Å². The number of carbonyl (C=O) groups excluding carboxylic acids is 1. The number of hydrogen-bond donors (Lipinski definition) is 0. The first-order valence-electron chi connectivity index (χ1n) is 4.69. The average Bonchev–Trinajstić information content (AvgIpc) is 2.26. The smallest absolute Gasteiger partial charge is 0.179 e. The van der Waals surface area contributed by atoms with E-state index < -0.39 is 0 Å². The van der Waals surface area contributed by atoms with Crippen molar-refractivity contribution in [3.8, 4) is 11.5 Å². The minimum absolute atomic E-state index is 0.0362. The fourth-order valence-corrected chi connectivity index (χ4v) is 1.54. The first-order valence-corrected chi connectivity index (χ1v) is 5.07. The molecule has 0 bridgehead atoms. The maximum Gasteiger partial charge on any atom is 0.179 e. The van der Waals surface area contributed by atoms with Crippen molar-refractivity contribution >= 4 is 23.5 Å².